The lowest BCUT2D eigenvalue weighted by Gasteiger charge is -2.20. The predicted octanol–water partition coefficient (Wildman–Crippen LogP) is 0.760. The molecule has 1 aliphatic rings. The fraction of sp³-hybridized carbons (Fsp3) is 0.429. The second-order valence-corrected chi connectivity index (χ2v) is 5.00. The van der Waals surface area contributed by atoms with Crippen LogP contribution >= 0.6 is 0 Å². The first-order valence-corrected chi connectivity index (χ1v) is 6.48. The van der Waals surface area contributed by atoms with Crippen LogP contribution in [0.2, 0.25) is 0 Å². The SMILES string of the molecule is NC1(C(=O)Nc2ccc(CCC(=O)O)cc2)CCOC1. The van der Waals surface area contributed by atoms with Gasteiger partial charge >= 0.3 is 5.97 Å². The Morgan fingerprint density at radius 3 is 2.60 bits per heavy atom. The summed E-state index contributed by atoms with van der Waals surface area (Å²) in [5.41, 5.74) is 6.56. The van der Waals surface area contributed by atoms with Crippen LogP contribution in [-0.2, 0) is 20.7 Å². The van der Waals surface area contributed by atoms with Gasteiger partial charge in [-0.2, -0.15) is 0 Å². The van der Waals surface area contributed by atoms with Crippen LogP contribution < -0.4 is 11.1 Å². The van der Waals surface area contributed by atoms with E-state index in [0.717, 1.165) is 5.56 Å². The second-order valence-electron chi connectivity index (χ2n) is 5.00. The van der Waals surface area contributed by atoms with Gasteiger partial charge in [-0.05, 0) is 30.5 Å². The number of carbonyl (C=O) groups excluding carboxylic acids is 1. The van der Waals surface area contributed by atoms with Crippen molar-refractivity contribution in [1.29, 1.82) is 0 Å². The first-order chi connectivity index (χ1) is 9.49. The van der Waals surface area contributed by atoms with Gasteiger partial charge in [0.15, 0.2) is 0 Å². The van der Waals surface area contributed by atoms with Crippen molar-refractivity contribution in [2.75, 3.05) is 18.5 Å². The molecule has 2 rings (SSSR count). The number of ether oxygens (including phenoxy) is 1. The molecule has 1 aromatic rings. The zero-order valence-corrected chi connectivity index (χ0v) is 11.1. The smallest absolute Gasteiger partial charge is 0.303 e. The molecule has 1 atom stereocenters. The number of anilines is 1. The van der Waals surface area contributed by atoms with Gasteiger partial charge in [0.25, 0.3) is 0 Å². The number of carboxylic acid groups (broad SMARTS) is 1. The molecule has 0 aliphatic carbocycles. The van der Waals surface area contributed by atoms with E-state index in [4.69, 9.17) is 15.6 Å². The summed E-state index contributed by atoms with van der Waals surface area (Å²) >= 11 is 0. The standard InChI is InChI=1S/C14H18N2O4/c15-14(7-8-20-9-14)13(19)16-11-4-1-10(2-5-11)3-6-12(17)18/h1-2,4-5H,3,6-9,15H2,(H,16,19)(H,17,18). The molecule has 6 nitrogen and oxygen atoms in total. The largest absolute Gasteiger partial charge is 0.481 e. The average Bonchev–Trinajstić information content (AvgIpc) is 2.86. The molecule has 108 valence electrons. The van der Waals surface area contributed by atoms with Crippen LogP contribution in [0, 0.1) is 0 Å². The summed E-state index contributed by atoms with van der Waals surface area (Å²) in [7, 11) is 0. The Balaban J connectivity index is 1.93. The Kier molecular flexibility index (Phi) is 4.36. The van der Waals surface area contributed by atoms with Gasteiger partial charge in [-0.25, -0.2) is 0 Å². The number of nitrogens with one attached hydrogen (secondary N) is 1. The average molecular weight is 278 g/mol. The van der Waals surface area contributed by atoms with E-state index in [1.165, 1.54) is 0 Å². The lowest BCUT2D eigenvalue weighted by molar-refractivity contribution is -0.137. The maximum atomic E-state index is 12.0. The van der Waals surface area contributed by atoms with Crippen molar-refractivity contribution >= 4 is 17.6 Å². The molecule has 1 fully saturated rings. The lowest BCUT2D eigenvalue weighted by Crippen LogP contribution is -2.51. The number of aliphatic carboxylic acids is 1. The summed E-state index contributed by atoms with van der Waals surface area (Å²) in [6, 6.07) is 7.09. The summed E-state index contributed by atoms with van der Waals surface area (Å²) in [4.78, 5) is 22.5. The van der Waals surface area contributed by atoms with Gasteiger partial charge in [0.1, 0.15) is 5.54 Å². The van der Waals surface area contributed by atoms with Gasteiger partial charge in [0, 0.05) is 18.7 Å². The lowest BCUT2D eigenvalue weighted by atomic mass is 9.99. The van der Waals surface area contributed by atoms with Crippen LogP contribution in [0.1, 0.15) is 18.4 Å². The Bertz CT molecular complexity index is 492. The Morgan fingerprint density at radius 2 is 2.05 bits per heavy atom. The molecule has 0 saturated carbocycles. The molecular weight excluding hydrogens is 260 g/mol. The Labute approximate surface area is 116 Å². The molecule has 0 bridgehead atoms. The van der Waals surface area contributed by atoms with E-state index in [9.17, 15) is 9.59 Å². The van der Waals surface area contributed by atoms with Gasteiger partial charge < -0.3 is 20.9 Å². The molecule has 20 heavy (non-hydrogen) atoms. The Hall–Kier alpha value is -1.92. The van der Waals surface area contributed by atoms with Crippen LogP contribution in [0.15, 0.2) is 24.3 Å². The highest BCUT2D eigenvalue weighted by Gasteiger charge is 2.38. The minimum atomic E-state index is -0.956. The van der Waals surface area contributed by atoms with E-state index in [1.54, 1.807) is 24.3 Å². The van der Waals surface area contributed by atoms with E-state index >= 15 is 0 Å². The van der Waals surface area contributed by atoms with Crippen LogP contribution in [0.5, 0.6) is 0 Å². The normalized spacial score (nSPS) is 21.6. The highest BCUT2D eigenvalue weighted by Crippen LogP contribution is 2.19. The van der Waals surface area contributed by atoms with Gasteiger partial charge in [-0.1, -0.05) is 12.1 Å². The van der Waals surface area contributed by atoms with Crippen molar-refractivity contribution in [2.45, 2.75) is 24.8 Å². The summed E-state index contributed by atoms with van der Waals surface area (Å²) in [6.45, 7) is 0.730. The molecule has 1 amide bonds. The summed E-state index contributed by atoms with van der Waals surface area (Å²) in [5, 5.41) is 11.4. The number of nitrogens with two attached hydrogens (primary N) is 1. The topological polar surface area (TPSA) is 102 Å². The first kappa shape index (κ1) is 14.5. The molecule has 1 unspecified atom stereocenters. The van der Waals surface area contributed by atoms with Gasteiger partial charge in [0.05, 0.1) is 6.61 Å². The molecule has 4 N–H and O–H groups in total. The quantitative estimate of drug-likeness (QED) is 0.738. The minimum Gasteiger partial charge on any atom is -0.481 e. The molecule has 0 spiro atoms. The molecule has 1 heterocycles. The van der Waals surface area contributed by atoms with E-state index in [1.807, 2.05) is 0 Å². The zero-order chi connectivity index (χ0) is 14.6. The third kappa shape index (κ3) is 3.55. The summed E-state index contributed by atoms with van der Waals surface area (Å²) in [6.07, 6.45) is 1.07. The zero-order valence-electron chi connectivity index (χ0n) is 11.1. The fourth-order valence-electron chi connectivity index (χ4n) is 2.02. The van der Waals surface area contributed by atoms with Crippen LogP contribution in [0.4, 0.5) is 5.69 Å². The molecular formula is C14H18N2O4. The molecule has 1 saturated heterocycles. The highest BCUT2D eigenvalue weighted by atomic mass is 16.5. The van der Waals surface area contributed by atoms with E-state index < -0.39 is 11.5 Å². The van der Waals surface area contributed by atoms with Crippen molar-refractivity contribution in [1.82, 2.24) is 0 Å². The molecule has 0 radical (unpaired) electrons. The summed E-state index contributed by atoms with van der Waals surface area (Å²) in [5.74, 6) is -1.08. The van der Waals surface area contributed by atoms with E-state index in [0.29, 0.717) is 25.1 Å². The molecule has 6 heteroatoms. The maximum absolute atomic E-state index is 12.0. The van der Waals surface area contributed by atoms with E-state index in [2.05, 4.69) is 5.32 Å². The maximum Gasteiger partial charge on any atom is 0.303 e. The van der Waals surface area contributed by atoms with Crippen molar-refractivity contribution in [2.24, 2.45) is 5.73 Å². The third-order valence-electron chi connectivity index (χ3n) is 3.34. The summed E-state index contributed by atoms with van der Waals surface area (Å²) < 4.78 is 5.15. The number of amides is 1. The number of benzene rings is 1. The highest BCUT2D eigenvalue weighted by molar-refractivity contribution is 5.98. The molecule has 1 aliphatic heterocycles. The number of aryl methyl sites for hydroxylation is 1. The molecule has 1 aromatic carbocycles. The predicted molar refractivity (Wildman–Crippen MR) is 73.4 cm³/mol. The van der Waals surface area contributed by atoms with Crippen molar-refractivity contribution in [3.63, 3.8) is 0 Å². The second kappa shape index (κ2) is 6.02. The monoisotopic (exact) mass is 278 g/mol. The van der Waals surface area contributed by atoms with Crippen LogP contribution in [0.3, 0.4) is 0 Å². The van der Waals surface area contributed by atoms with Crippen molar-refractivity contribution < 1.29 is 19.4 Å². The fourth-order valence-corrected chi connectivity index (χ4v) is 2.02. The third-order valence-corrected chi connectivity index (χ3v) is 3.34. The number of carbonyl (C=O) groups is 2. The number of rotatable bonds is 5. The van der Waals surface area contributed by atoms with Crippen molar-refractivity contribution in [3.05, 3.63) is 29.8 Å². The van der Waals surface area contributed by atoms with E-state index in [-0.39, 0.29) is 18.9 Å². The first-order valence-electron chi connectivity index (χ1n) is 6.48. The number of hydrogen-bond acceptors (Lipinski definition) is 4. The van der Waals surface area contributed by atoms with Gasteiger partial charge in [-0.15, -0.1) is 0 Å². The molecule has 0 aromatic heterocycles. The number of hydrogen-bond donors (Lipinski definition) is 3. The van der Waals surface area contributed by atoms with Crippen LogP contribution in [0.25, 0.3) is 0 Å². The number of carboxylic acids is 1. The van der Waals surface area contributed by atoms with Crippen molar-refractivity contribution in [3.8, 4) is 0 Å². The van der Waals surface area contributed by atoms with Gasteiger partial charge in [0.2, 0.25) is 5.91 Å². The minimum absolute atomic E-state index is 0.0922. The van der Waals surface area contributed by atoms with Crippen LogP contribution in [-0.4, -0.2) is 35.7 Å². The van der Waals surface area contributed by atoms with Gasteiger partial charge in [-0.3, -0.25) is 9.59 Å². The Morgan fingerprint density at radius 1 is 1.35 bits per heavy atom.